The molecule has 0 amide bonds. The van der Waals surface area contributed by atoms with Crippen LogP contribution < -0.4 is 4.74 Å². The number of aliphatic hydroxyl groups excluding tert-OH is 1. The van der Waals surface area contributed by atoms with E-state index in [-0.39, 0.29) is 17.9 Å². The van der Waals surface area contributed by atoms with E-state index in [0.29, 0.717) is 6.07 Å². The molecular formula is C14H10F4O2. The molecule has 0 heterocycles. The van der Waals surface area contributed by atoms with E-state index in [4.69, 9.17) is 4.74 Å². The van der Waals surface area contributed by atoms with Crippen molar-refractivity contribution in [2.75, 3.05) is 6.61 Å². The number of ether oxygens (including phenoxy) is 1. The summed E-state index contributed by atoms with van der Waals surface area (Å²) in [5.41, 5.74) is 0.0893. The molecule has 2 rings (SSSR count). The first kappa shape index (κ1) is 14.3. The Labute approximate surface area is 112 Å². The van der Waals surface area contributed by atoms with E-state index in [9.17, 15) is 22.7 Å². The fourth-order valence-electron chi connectivity index (χ4n) is 1.58. The minimum Gasteiger partial charge on any atom is -0.487 e. The van der Waals surface area contributed by atoms with Crippen molar-refractivity contribution < 1.29 is 27.4 Å². The van der Waals surface area contributed by atoms with Crippen LogP contribution in [-0.4, -0.2) is 11.7 Å². The molecule has 0 spiro atoms. The van der Waals surface area contributed by atoms with E-state index in [1.165, 1.54) is 6.07 Å². The maximum absolute atomic E-state index is 13.3. The normalized spacial score (nSPS) is 12.2. The maximum atomic E-state index is 13.3. The highest BCUT2D eigenvalue weighted by molar-refractivity contribution is 5.25. The molecule has 0 aliphatic carbocycles. The number of benzene rings is 2. The first-order valence-corrected chi connectivity index (χ1v) is 5.68. The monoisotopic (exact) mass is 286 g/mol. The Morgan fingerprint density at radius 2 is 1.65 bits per heavy atom. The highest BCUT2D eigenvalue weighted by atomic mass is 19.2. The second-order valence-corrected chi connectivity index (χ2v) is 4.08. The first-order chi connectivity index (χ1) is 9.47. The van der Waals surface area contributed by atoms with Crippen LogP contribution in [-0.2, 0) is 0 Å². The van der Waals surface area contributed by atoms with Crippen LogP contribution in [0.3, 0.4) is 0 Å². The van der Waals surface area contributed by atoms with Gasteiger partial charge in [-0.1, -0.05) is 6.07 Å². The van der Waals surface area contributed by atoms with Crippen LogP contribution in [0.2, 0.25) is 0 Å². The van der Waals surface area contributed by atoms with Crippen molar-refractivity contribution in [3.8, 4) is 5.75 Å². The molecule has 1 atom stereocenters. The van der Waals surface area contributed by atoms with Crippen molar-refractivity contribution in [2.45, 2.75) is 6.10 Å². The Hall–Kier alpha value is -2.08. The summed E-state index contributed by atoms with van der Waals surface area (Å²) in [7, 11) is 0. The summed E-state index contributed by atoms with van der Waals surface area (Å²) in [6.07, 6.45) is -1.27. The smallest absolute Gasteiger partial charge is 0.167 e. The van der Waals surface area contributed by atoms with Gasteiger partial charge in [-0.3, -0.25) is 0 Å². The predicted molar refractivity (Wildman–Crippen MR) is 63.2 cm³/mol. The van der Waals surface area contributed by atoms with Gasteiger partial charge in [0.15, 0.2) is 23.2 Å². The maximum Gasteiger partial charge on any atom is 0.167 e. The van der Waals surface area contributed by atoms with Gasteiger partial charge in [0.1, 0.15) is 18.5 Å². The standard InChI is InChI=1S/C14H10F4O2/c15-9-2-4-14(12(18)6-9)20-7-13(19)8-1-3-10(16)11(17)5-8/h1-6,13,19H,7H2. The lowest BCUT2D eigenvalue weighted by atomic mass is 10.1. The summed E-state index contributed by atoms with van der Waals surface area (Å²) in [4.78, 5) is 0. The van der Waals surface area contributed by atoms with Gasteiger partial charge < -0.3 is 9.84 Å². The molecule has 0 fully saturated rings. The van der Waals surface area contributed by atoms with Crippen molar-refractivity contribution in [1.29, 1.82) is 0 Å². The molecule has 2 aromatic carbocycles. The van der Waals surface area contributed by atoms with Gasteiger partial charge in [-0.05, 0) is 29.8 Å². The van der Waals surface area contributed by atoms with Crippen LogP contribution in [0.25, 0.3) is 0 Å². The lowest BCUT2D eigenvalue weighted by Gasteiger charge is -2.13. The molecule has 20 heavy (non-hydrogen) atoms. The topological polar surface area (TPSA) is 29.5 Å². The molecule has 0 saturated heterocycles. The Bertz CT molecular complexity index is 616. The third-order valence-electron chi connectivity index (χ3n) is 2.62. The molecule has 0 radical (unpaired) electrons. The number of halogens is 4. The minimum absolute atomic E-state index is 0.0893. The molecule has 0 saturated carbocycles. The van der Waals surface area contributed by atoms with Gasteiger partial charge in [0.05, 0.1) is 0 Å². The fourth-order valence-corrected chi connectivity index (χ4v) is 1.58. The Balaban J connectivity index is 2.04. The summed E-state index contributed by atoms with van der Waals surface area (Å²) in [5, 5.41) is 9.73. The molecule has 0 aliphatic rings. The van der Waals surface area contributed by atoms with Gasteiger partial charge in [0.25, 0.3) is 0 Å². The van der Waals surface area contributed by atoms with Gasteiger partial charge >= 0.3 is 0 Å². The van der Waals surface area contributed by atoms with Crippen molar-refractivity contribution >= 4 is 0 Å². The molecule has 1 unspecified atom stereocenters. The molecule has 106 valence electrons. The van der Waals surface area contributed by atoms with Crippen molar-refractivity contribution in [1.82, 2.24) is 0 Å². The van der Waals surface area contributed by atoms with Crippen molar-refractivity contribution in [3.05, 3.63) is 65.2 Å². The van der Waals surface area contributed by atoms with Crippen LogP contribution in [0.15, 0.2) is 36.4 Å². The zero-order valence-electron chi connectivity index (χ0n) is 10.1. The molecule has 1 N–H and O–H groups in total. The van der Waals surface area contributed by atoms with Gasteiger partial charge in [-0.25, -0.2) is 17.6 Å². The highest BCUT2D eigenvalue weighted by Crippen LogP contribution is 2.21. The summed E-state index contributed by atoms with van der Waals surface area (Å²) in [6, 6.07) is 5.59. The Kier molecular flexibility index (Phi) is 4.24. The van der Waals surface area contributed by atoms with E-state index in [2.05, 4.69) is 0 Å². The second kappa shape index (κ2) is 5.92. The van der Waals surface area contributed by atoms with Gasteiger partial charge in [0, 0.05) is 6.07 Å². The van der Waals surface area contributed by atoms with Crippen LogP contribution in [0.5, 0.6) is 5.75 Å². The largest absolute Gasteiger partial charge is 0.487 e. The summed E-state index contributed by atoms with van der Waals surface area (Å²) in [6.45, 7) is -0.381. The average Bonchev–Trinajstić information content (AvgIpc) is 2.40. The molecular weight excluding hydrogens is 276 g/mol. The Morgan fingerprint density at radius 3 is 2.30 bits per heavy atom. The number of aliphatic hydroxyl groups is 1. The predicted octanol–water partition coefficient (Wildman–Crippen LogP) is 3.36. The fraction of sp³-hybridized carbons (Fsp3) is 0.143. The van der Waals surface area contributed by atoms with Gasteiger partial charge in [-0.2, -0.15) is 0 Å². The molecule has 2 nitrogen and oxygen atoms in total. The second-order valence-electron chi connectivity index (χ2n) is 4.08. The number of hydrogen-bond acceptors (Lipinski definition) is 2. The number of rotatable bonds is 4. The lowest BCUT2D eigenvalue weighted by molar-refractivity contribution is 0.105. The van der Waals surface area contributed by atoms with Crippen LogP contribution >= 0.6 is 0 Å². The zero-order chi connectivity index (χ0) is 14.7. The lowest BCUT2D eigenvalue weighted by Crippen LogP contribution is -2.11. The molecule has 0 aliphatic heterocycles. The average molecular weight is 286 g/mol. The third kappa shape index (κ3) is 3.27. The molecule has 0 aromatic heterocycles. The summed E-state index contributed by atoms with van der Waals surface area (Å²) >= 11 is 0. The molecule has 2 aromatic rings. The highest BCUT2D eigenvalue weighted by Gasteiger charge is 2.13. The van der Waals surface area contributed by atoms with E-state index < -0.39 is 29.4 Å². The van der Waals surface area contributed by atoms with Crippen molar-refractivity contribution in [2.24, 2.45) is 0 Å². The van der Waals surface area contributed by atoms with Crippen LogP contribution in [0, 0.1) is 23.3 Å². The van der Waals surface area contributed by atoms with E-state index in [0.717, 1.165) is 24.3 Å². The van der Waals surface area contributed by atoms with Gasteiger partial charge in [-0.15, -0.1) is 0 Å². The van der Waals surface area contributed by atoms with Gasteiger partial charge in [0.2, 0.25) is 0 Å². The molecule has 0 bridgehead atoms. The summed E-state index contributed by atoms with van der Waals surface area (Å²) in [5.74, 6) is -4.05. The van der Waals surface area contributed by atoms with E-state index >= 15 is 0 Å². The zero-order valence-corrected chi connectivity index (χ0v) is 10.1. The Morgan fingerprint density at radius 1 is 0.900 bits per heavy atom. The van der Waals surface area contributed by atoms with Crippen molar-refractivity contribution in [3.63, 3.8) is 0 Å². The van der Waals surface area contributed by atoms with E-state index in [1.54, 1.807) is 0 Å². The van der Waals surface area contributed by atoms with E-state index in [1.807, 2.05) is 0 Å². The quantitative estimate of drug-likeness (QED) is 0.873. The summed E-state index contributed by atoms with van der Waals surface area (Å²) < 4.78 is 56.6. The first-order valence-electron chi connectivity index (χ1n) is 5.68. The minimum atomic E-state index is -1.27. The SMILES string of the molecule is OC(COc1ccc(F)cc1F)c1ccc(F)c(F)c1. The van der Waals surface area contributed by atoms with Crippen LogP contribution in [0.4, 0.5) is 17.6 Å². The van der Waals surface area contributed by atoms with Crippen LogP contribution in [0.1, 0.15) is 11.7 Å². The number of hydrogen-bond donors (Lipinski definition) is 1. The molecule has 6 heteroatoms. The third-order valence-corrected chi connectivity index (χ3v) is 2.62.